The molecule has 1 aliphatic rings. The second-order valence-corrected chi connectivity index (χ2v) is 8.69. The van der Waals surface area contributed by atoms with Gasteiger partial charge in [0.1, 0.15) is 11.6 Å². The normalized spacial score (nSPS) is 16.0. The Balaban J connectivity index is 1.61. The maximum absolute atomic E-state index is 10.3. The van der Waals surface area contributed by atoms with Gasteiger partial charge in [-0.05, 0) is 32.8 Å². The lowest BCUT2D eigenvalue weighted by Crippen LogP contribution is -2.49. The van der Waals surface area contributed by atoms with Crippen LogP contribution < -0.4 is 4.90 Å². The van der Waals surface area contributed by atoms with Crippen molar-refractivity contribution < 1.29 is 9.84 Å². The fourth-order valence-electron chi connectivity index (χ4n) is 4.06. The second kappa shape index (κ2) is 11.6. The van der Waals surface area contributed by atoms with Crippen molar-refractivity contribution in [3.63, 3.8) is 0 Å². The third-order valence-electron chi connectivity index (χ3n) is 5.90. The number of rotatable bonds is 10. The van der Waals surface area contributed by atoms with E-state index in [1.54, 1.807) is 0 Å². The number of benzene rings is 1. The molecule has 6 nitrogen and oxygen atoms in total. The van der Waals surface area contributed by atoms with Crippen LogP contribution in [0, 0.1) is 20.8 Å². The Morgan fingerprint density at radius 2 is 1.74 bits per heavy atom. The zero-order valence-corrected chi connectivity index (χ0v) is 19.6. The van der Waals surface area contributed by atoms with Gasteiger partial charge < -0.3 is 14.7 Å². The molecule has 31 heavy (non-hydrogen) atoms. The van der Waals surface area contributed by atoms with Gasteiger partial charge in [0.15, 0.2) is 0 Å². The number of aryl methyl sites for hydroxylation is 3. The smallest absolute Gasteiger partial charge is 0.136 e. The molecule has 1 saturated heterocycles. The van der Waals surface area contributed by atoms with Crippen LogP contribution in [0.2, 0.25) is 0 Å². The summed E-state index contributed by atoms with van der Waals surface area (Å²) in [6.45, 7) is 13.8. The molecular formula is C25H38N4O2. The number of piperazine rings is 1. The molecule has 1 aliphatic heterocycles. The SMILES string of the molecule is CCCCOC[C@H](O)CN1CCN(c2nc(C)nc(C)c2Cc2ccc(C)cc2)CC1. The molecular weight excluding hydrogens is 388 g/mol. The lowest BCUT2D eigenvalue weighted by Gasteiger charge is -2.37. The van der Waals surface area contributed by atoms with E-state index < -0.39 is 6.10 Å². The highest BCUT2D eigenvalue weighted by molar-refractivity contribution is 5.51. The molecule has 170 valence electrons. The monoisotopic (exact) mass is 426 g/mol. The fraction of sp³-hybridized carbons (Fsp3) is 0.600. The van der Waals surface area contributed by atoms with Crippen LogP contribution in [0.25, 0.3) is 0 Å². The van der Waals surface area contributed by atoms with Gasteiger partial charge in [-0.25, -0.2) is 9.97 Å². The zero-order valence-electron chi connectivity index (χ0n) is 19.6. The van der Waals surface area contributed by atoms with Crippen LogP contribution in [-0.4, -0.2) is 72.0 Å². The minimum absolute atomic E-state index is 0.422. The molecule has 2 aromatic rings. The van der Waals surface area contributed by atoms with Crippen molar-refractivity contribution in [2.75, 3.05) is 50.8 Å². The van der Waals surface area contributed by atoms with Crippen LogP contribution in [0.5, 0.6) is 0 Å². The van der Waals surface area contributed by atoms with Gasteiger partial charge >= 0.3 is 0 Å². The summed E-state index contributed by atoms with van der Waals surface area (Å²) in [6, 6.07) is 8.71. The largest absolute Gasteiger partial charge is 0.389 e. The van der Waals surface area contributed by atoms with Crippen LogP contribution in [0.1, 0.15) is 48.0 Å². The summed E-state index contributed by atoms with van der Waals surface area (Å²) in [4.78, 5) is 14.2. The Kier molecular flexibility index (Phi) is 8.81. The number of nitrogens with zero attached hydrogens (tertiary/aromatic N) is 4. The summed E-state index contributed by atoms with van der Waals surface area (Å²) in [5.41, 5.74) is 4.83. The van der Waals surface area contributed by atoms with Crippen LogP contribution in [0.3, 0.4) is 0 Å². The molecule has 0 bridgehead atoms. The number of aromatic nitrogens is 2. The van der Waals surface area contributed by atoms with E-state index in [0.29, 0.717) is 13.2 Å². The van der Waals surface area contributed by atoms with Crippen molar-refractivity contribution in [1.82, 2.24) is 14.9 Å². The molecule has 0 unspecified atom stereocenters. The van der Waals surface area contributed by atoms with E-state index in [4.69, 9.17) is 9.72 Å². The Morgan fingerprint density at radius 3 is 2.42 bits per heavy atom. The highest BCUT2D eigenvalue weighted by Gasteiger charge is 2.23. The van der Waals surface area contributed by atoms with Crippen molar-refractivity contribution in [3.05, 3.63) is 52.5 Å². The standard InChI is InChI=1S/C25H38N4O2/c1-5-6-15-31-18-23(30)17-28-11-13-29(14-12-28)25-24(20(3)26-21(4)27-25)16-22-9-7-19(2)8-10-22/h7-10,23,30H,5-6,11-18H2,1-4H3/t23-/m1/s1. The van der Waals surface area contributed by atoms with Gasteiger partial charge in [-0.1, -0.05) is 43.2 Å². The maximum Gasteiger partial charge on any atom is 0.136 e. The first-order chi connectivity index (χ1) is 15.0. The Hall–Kier alpha value is -2.02. The van der Waals surface area contributed by atoms with Gasteiger partial charge in [0.05, 0.1) is 12.7 Å². The van der Waals surface area contributed by atoms with E-state index in [9.17, 15) is 5.11 Å². The highest BCUT2D eigenvalue weighted by atomic mass is 16.5. The first kappa shape index (κ1) is 23.6. The number of anilines is 1. The molecule has 3 rings (SSSR count). The molecule has 1 aromatic carbocycles. The number of β-amino-alcohol motifs (C(OH)–C–C–N with tert-alkyl or cyclic N) is 1. The fourth-order valence-corrected chi connectivity index (χ4v) is 4.06. The highest BCUT2D eigenvalue weighted by Crippen LogP contribution is 2.25. The topological polar surface area (TPSA) is 61.7 Å². The number of aliphatic hydroxyl groups is 1. The van der Waals surface area contributed by atoms with Gasteiger partial charge in [-0.2, -0.15) is 0 Å². The summed E-state index contributed by atoms with van der Waals surface area (Å²) in [5, 5.41) is 10.3. The molecule has 2 heterocycles. The molecule has 6 heteroatoms. The molecule has 1 atom stereocenters. The van der Waals surface area contributed by atoms with E-state index in [1.807, 2.05) is 6.92 Å². The van der Waals surface area contributed by atoms with Gasteiger partial charge in [-0.15, -0.1) is 0 Å². The Bertz CT molecular complexity index is 817. The molecule has 1 aromatic heterocycles. The van der Waals surface area contributed by atoms with E-state index in [2.05, 4.69) is 59.8 Å². The summed E-state index contributed by atoms with van der Waals surface area (Å²) in [6.07, 6.45) is 2.58. The summed E-state index contributed by atoms with van der Waals surface area (Å²) < 4.78 is 5.57. The Labute approximate surface area is 187 Å². The molecule has 1 fully saturated rings. The van der Waals surface area contributed by atoms with Crippen LogP contribution in [-0.2, 0) is 11.2 Å². The number of aliphatic hydroxyl groups excluding tert-OH is 1. The van der Waals surface area contributed by atoms with Crippen molar-refractivity contribution in [2.45, 2.75) is 53.1 Å². The molecule has 0 amide bonds. The van der Waals surface area contributed by atoms with Crippen molar-refractivity contribution in [3.8, 4) is 0 Å². The van der Waals surface area contributed by atoms with E-state index in [0.717, 1.165) is 69.4 Å². The van der Waals surface area contributed by atoms with Gasteiger partial charge in [0.2, 0.25) is 0 Å². The third kappa shape index (κ3) is 6.99. The molecule has 1 N–H and O–H groups in total. The number of hydrogen-bond donors (Lipinski definition) is 1. The Morgan fingerprint density at radius 1 is 1.03 bits per heavy atom. The first-order valence-corrected chi connectivity index (χ1v) is 11.6. The lowest BCUT2D eigenvalue weighted by atomic mass is 10.0. The van der Waals surface area contributed by atoms with Crippen LogP contribution in [0.15, 0.2) is 24.3 Å². The number of hydrogen-bond acceptors (Lipinski definition) is 6. The van der Waals surface area contributed by atoms with Crippen LogP contribution in [0.4, 0.5) is 5.82 Å². The lowest BCUT2D eigenvalue weighted by molar-refractivity contribution is 0.0150. The second-order valence-electron chi connectivity index (χ2n) is 8.69. The van der Waals surface area contributed by atoms with E-state index in [1.165, 1.54) is 16.7 Å². The number of ether oxygens (including phenoxy) is 1. The van der Waals surface area contributed by atoms with Crippen molar-refractivity contribution in [1.29, 1.82) is 0 Å². The van der Waals surface area contributed by atoms with Gasteiger partial charge in [0, 0.05) is 57.0 Å². The summed E-state index contributed by atoms with van der Waals surface area (Å²) in [5.74, 6) is 1.89. The molecule has 0 radical (unpaired) electrons. The van der Waals surface area contributed by atoms with Crippen molar-refractivity contribution in [2.24, 2.45) is 0 Å². The van der Waals surface area contributed by atoms with Gasteiger partial charge in [-0.3, -0.25) is 4.90 Å². The predicted octanol–water partition coefficient (Wildman–Crippen LogP) is 3.29. The zero-order chi connectivity index (χ0) is 22.2. The summed E-state index contributed by atoms with van der Waals surface area (Å²) >= 11 is 0. The van der Waals surface area contributed by atoms with E-state index >= 15 is 0 Å². The van der Waals surface area contributed by atoms with Crippen LogP contribution >= 0.6 is 0 Å². The average Bonchev–Trinajstić information content (AvgIpc) is 2.75. The van der Waals surface area contributed by atoms with E-state index in [-0.39, 0.29) is 0 Å². The minimum atomic E-state index is -0.427. The number of unbranched alkanes of at least 4 members (excludes halogenated alkanes) is 1. The molecule has 0 saturated carbocycles. The van der Waals surface area contributed by atoms with Crippen molar-refractivity contribution >= 4 is 5.82 Å². The predicted molar refractivity (Wildman–Crippen MR) is 126 cm³/mol. The van der Waals surface area contributed by atoms with Gasteiger partial charge in [0.25, 0.3) is 0 Å². The minimum Gasteiger partial charge on any atom is -0.389 e. The quantitative estimate of drug-likeness (QED) is 0.588. The molecule has 0 aliphatic carbocycles. The average molecular weight is 427 g/mol. The summed E-state index contributed by atoms with van der Waals surface area (Å²) in [7, 11) is 0. The first-order valence-electron chi connectivity index (χ1n) is 11.6. The maximum atomic E-state index is 10.3. The molecule has 0 spiro atoms. The third-order valence-corrected chi connectivity index (χ3v) is 5.90.